The Labute approximate surface area is 134 Å². The molecule has 0 aliphatic carbocycles. The number of amides is 1. The summed E-state index contributed by atoms with van der Waals surface area (Å²) in [5.41, 5.74) is 0.527. The molecule has 0 radical (unpaired) electrons. The minimum atomic E-state index is -0.557. The highest BCUT2D eigenvalue weighted by atomic mass is 19.1. The number of aromatic nitrogens is 1. The summed E-state index contributed by atoms with van der Waals surface area (Å²) in [6.07, 6.45) is 0.972. The first kappa shape index (κ1) is 16.7. The van der Waals surface area contributed by atoms with Crippen molar-refractivity contribution in [2.24, 2.45) is 0 Å². The summed E-state index contributed by atoms with van der Waals surface area (Å²) in [7, 11) is 0. The third-order valence-electron chi connectivity index (χ3n) is 2.83. The lowest BCUT2D eigenvalue weighted by molar-refractivity contribution is 0.0636. The van der Waals surface area contributed by atoms with E-state index < -0.39 is 11.7 Å². The molecule has 23 heavy (non-hydrogen) atoms. The summed E-state index contributed by atoms with van der Waals surface area (Å²) in [6.45, 7) is 5.71. The van der Waals surface area contributed by atoms with Gasteiger partial charge in [-0.2, -0.15) is 0 Å². The van der Waals surface area contributed by atoms with E-state index in [4.69, 9.17) is 4.74 Å². The Kier molecular flexibility index (Phi) is 5.16. The third-order valence-corrected chi connectivity index (χ3v) is 2.83. The van der Waals surface area contributed by atoms with Crippen LogP contribution in [0.5, 0.6) is 0 Å². The van der Waals surface area contributed by atoms with Crippen molar-refractivity contribution in [2.75, 3.05) is 10.6 Å². The predicted octanol–water partition coefficient (Wildman–Crippen LogP) is 4.18. The number of rotatable bonds is 4. The van der Waals surface area contributed by atoms with Gasteiger partial charge < -0.3 is 10.1 Å². The van der Waals surface area contributed by atoms with Gasteiger partial charge in [0.2, 0.25) is 0 Å². The summed E-state index contributed by atoms with van der Waals surface area (Å²) in [6, 6.07) is 9.95. The van der Waals surface area contributed by atoms with Crippen molar-refractivity contribution in [1.29, 1.82) is 0 Å². The average molecular weight is 317 g/mol. The minimum Gasteiger partial charge on any atom is -0.444 e. The van der Waals surface area contributed by atoms with Crippen LogP contribution in [-0.2, 0) is 11.3 Å². The van der Waals surface area contributed by atoms with E-state index in [9.17, 15) is 9.18 Å². The van der Waals surface area contributed by atoms with Crippen molar-refractivity contribution < 1.29 is 13.9 Å². The molecule has 122 valence electrons. The van der Waals surface area contributed by atoms with Gasteiger partial charge in [0.15, 0.2) is 0 Å². The average Bonchev–Trinajstić information content (AvgIpc) is 2.46. The highest BCUT2D eigenvalue weighted by Crippen LogP contribution is 2.14. The monoisotopic (exact) mass is 317 g/mol. The van der Waals surface area contributed by atoms with E-state index in [0.29, 0.717) is 23.6 Å². The third kappa shape index (κ3) is 5.58. The molecule has 0 saturated heterocycles. The van der Waals surface area contributed by atoms with Crippen LogP contribution in [0.15, 0.2) is 42.6 Å². The van der Waals surface area contributed by atoms with E-state index >= 15 is 0 Å². The van der Waals surface area contributed by atoms with Crippen LogP contribution in [-0.4, -0.2) is 16.7 Å². The van der Waals surface area contributed by atoms with E-state index in [-0.39, 0.29) is 5.82 Å². The van der Waals surface area contributed by atoms with Crippen LogP contribution in [0.25, 0.3) is 0 Å². The number of benzene rings is 1. The molecule has 0 fully saturated rings. The molecule has 1 aromatic carbocycles. The second-order valence-corrected chi connectivity index (χ2v) is 6.00. The highest BCUT2D eigenvalue weighted by Gasteiger charge is 2.16. The van der Waals surface area contributed by atoms with Gasteiger partial charge in [-0.1, -0.05) is 18.2 Å². The summed E-state index contributed by atoms with van der Waals surface area (Å²) in [4.78, 5) is 15.8. The lowest BCUT2D eigenvalue weighted by atomic mass is 10.2. The SMILES string of the molecule is CC(C)(C)OC(=O)Nc1ccc(NCc2ccccc2F)nc1. The maximum absolute atomic E-state index is 13.5. The molecule has 0 aliphatic rings. The van der Waals surface area contributed by atoms with Gasteiger partial charge in [0.05, 0.1) is 11.9 Å². The molecule has 5 nitrogen and oxygen atoms in total. The lowest BCUT2D eigenvalue weighted by Crippen LogP contribution is -2.27. The summed E-state index contributed by atoms with van der Waals surface area (Å²) in [5, 5.41) is 5.62. The highest BCUT2D eigenvalue weighted by molar-refractivity contribution is 5.84. The molecule has 0 unspecified atom stereocenters. The van der Waals surface area contributed by atoms with Crippen LogP contribution in [0.1, 0.15) is 26.3 Å². The Hall–Kier alpha value is -2.63. The molecule has 0 spiro atoms. The molecule has 6 heteroatoms. The van der Waals surface area contributed by atoms with E-state index in [1.165, 1.54) is 12.3 Å². The van der Waals surface area contributed by atoms with Gasteiger partial charge in [0.1, 0.15) is 17.2 Å². The quantitative estimate of drug-likeness (QED) is 0.888. The van der Waals surface area contributed by atoms with Crippen molar-refractivity contribution in [2.45, 2.75) is 32.9 Å². The standard InChI is InChI=1S/C17H20FN3O2/c1-17(2,3)23-16(22)21-13-8-9-15(20-11-13)19-10-12-6-4-5-7-14(12)18/h4-9,11H,10H2,1-3H3,(H,19,20)(H,21,22). The van der Waals surface area contributed by atoms with Crippen LogP contribution < -0.4 is 10.6 Å². The fourth-order valence-electron chi connectivity index (χ4n) is 1.82. The number of carbonyl (C=O) groups is 1. The van der Waals surface area contributed by atoms with Crippen LogP contribution in [0.4, 0.5) is 20.7 Å². The normalized spacial score (nSPS) is 11.0. The largest absolute Gasteiger partial charge is 0.444 e. The van der Waals surface area contributed by atoms with Gasteiger partial charge in [-0.15, -0.1) is 0 Å². The fourth-order valence-corrected chi connectivity index (χ4v) is 1.82. The molecule has 1 aromatic heterocycles. The maximum Gasteiger partial charge on any atom is 0.412 e. The van der Waals surface area contributed by atoms with Crippen molar-refractivity contribution in [3.8, 4) is 0 Å². The number of carbonyl (C=O) groups excluding carboxylic acids is 1. The number of nitrogens with one attached hydrogen (secondary N) is 2. The van der Waals surface area contributed by atoms with Gasteiger partial charge in [-0.3, -0.25) is 5.32 Å². The molecule has 2 aromatic rings. The van der Waals surface area contributed by atoms with Gasteiger partial charge >= 0.3 is 6.09 Å². The molecule has 1 heterocycles. The first-order valence-electron chi connectivity index (χ1n) is 7.27. The molecule has 0 bridgehead atoms. The Bertz CT molecular complexity index is 666. The van der Waals surface area contributed by atoms with Crippen molar-refractivity contribution >= 4 is 17.6 Å². The Morgan fingerprint density at radius 3 is 2.57 bits per heavy atom. The first-order valence-corrected chi connectivity index (χ1v) is 7.27. The second kappa shape index (κ2) is 7.09. The molecular formula is C17H20FN3O2. The zero-order valence-electron chi connectivity index (χ0n) is 13.4. The molecule has 1 amide bonds. The summed E-state index contributed by atoms with van der Waals surface area (Å²) < 4.78 is 18.7. The fraction of sp³-hybridized carbons (Fsp3) is 0.294. The van der Waals surface area contributed by atoms with Crippen molar-refractivity contribution in [3.05, 3.63) is 54.0 Å². The maximum atomic E-state index is 13.5. The number of ether oxygens (including phenoxy) is 1. The second-order valence-electron chi connectivity index (χ2n) is 6.00. The summed E-state index contributed by atoms with van der Waals surface area (Å²) in [5.74, 6) is 0.325. The molecule has 0 saturated carbocycles. The lowest BCUT2D eigenvalue weighted by Gasteiger charge is -2.19. The summed E-state index contributed by atoms with van der Waals surface area (Å²) >= 11 is 0. The first-order chi connectivity index (χ1) is 10.8. The van der Waals surface area contributed by atoms with E-state index in [0.717, 1.165) is 0 Å². The predicted molar refractivity (Wildman–Crippen MR) is 87.8 cm³/mol. The number of anilines is 2. The smallest absolute Gasteiger partial charge is 0.412 e. The molecule has 0 aliphatic heterocycles. The van der Waals surface area contributed by atoms with Gasteiger partial charge in [0.25, 0.3) is 0 Å². The molecule has 2 rings (SSSR count). The number of pyridine rings is 1. The van der Waals surface area contributed by atoms with E-state index in [2.05, 4.69) is 15.6 Å². The van der Waals surface area contributed by atoms with Crippen molar-refractivity contribution in [3.63, 3.8) is 0 Å². The number of halogens is 1. The van der Waals surface area contributed by atoms with Crippen molar-refractivity contribution in [1.82, 2.24) is 4.98 Å². The topological polar surface area (TPSA) is 63.2 Å². The van der Waals surface area contributed by atoms with Gasteiger partial charge in [-0.05, 0) is 39.0 Å². The number of nitrogens with zero attached hydrogens (tertiary/aromatic N) is 1. The molecule has 2 N–H and O–H groups in total. The van der Waals surface area contributed by atoms with Gasteiger partial charge in [0, 0.05) is 12.1 Å². The van der Waals surface area contributed by atoms with E-state index in [1.54, 1.807) is 51.1 Å². The Morgan fingerprint density at radius 1 is 1.22 bits per heavy atom. The number of hydrogen-bond acceptors (Lipinski definition) is 4. The van der Waals surface area contributed by atoms with Gasteiger partial charge in [-0.25, -0.2) is 14.2 Å². The molecule has 0 atom stereocenters. The van der Waals surface area contributed by atoms with Crippen LogP contribution in [0, 0.1) is 5.82 Å². The van der Waals surface area contributed by atoms with Crippen LogP contribution in [0.3, 0.4) is 0 Å². The number of hydrogen-bond donors (Lipinski definition) is 2. The Balaban J connectivity index is 1.90. The zero-order valence-corrected chi connectivity index (χ0v) is 13.4. The van der Waals surface area contributed by atoms with E-state index in [1.807, 2.05) is 0 Å². The molecular weight excluding hydrogens is 297 g/mol. The minimum absolute atomic E-state index is 0.261. The van der Waals surface area contributed by atoms with Crippen LogP contribution in [0.2, 0.25) is 0 Å². The van der Waals surface area contributed by atoms with Crippen LogP contribution >= 0.6 is 0 Å². The Morgan fingerprint density at radius 2 is 1.96 bits per heavy atom. The zero-order chi connectivity index (χ0) is 16.9.